The van der Waals surface area contributed by atoms with Crippen LogP contribution < -0.4 is 10.2 Å². The molecular formula is C23H26FN3O4. The third-order valence-corrected chi connectivity index (χ3v) is 6.86. The van der Waals surface area contributed by atoms with Crippen LogP contribution in [0.2, 0.25) is 0 Å². The Morgan fingerprint density at radius 3 is 2.29 bits per heavy atom. The normalized spacial score (nSPS) is 33.9. The fourth-order valence-corrected chi connectivity index (χ4v) is 5.68. The lowest BCUT2D eigenvalue weighted by Crippen LogP contribution is -2.45. The lowest BCUT2D eigenvalue weighted by molar-refractivity contribution is -0.143. The molecule has 4 aliphatic rings. The summed E-state index contributed by atoms with van der Waals surface area (Å²) >= 11 is 0. The van der Waals surface area contributed by atoms with Crippen molar-refractivity contribution in [2.45, 2.75) is 32.5 Å². The van der Waals surface area contributed by atoms with E-state index < -0.39 is 11.7 Å². The van der Waals surface area contributed by atoms with Gasteiger partial charge in [0.2, 0.25) is 17.7 Å². The van der Waals surface area contributed by atoms with E-state index in [-0.39, 0.29) is 54.2 Å². The van der Waals surface area contributed by atoms with Gasteiger partial charge in [-0.25, -0.2) is 4.39 Å². The van der Waals surface area contributed by atoms with E-state index in [9.17, 15) is 18.8 Å². The number of imide groups is 1. The van der Waals surface area contributed by atoms with Gasteiger partial charge in [0.05, 0.1) is 29.7 Å². The van der Waals surface area contributed by atoms with Gasteiger partial charge in [-0.2, -0.15) is 0 Å². The van der Waals surface area contributed by atoms with Crippen molar-refractivity contribution in [1.82, 2.24) is 4.90 Å². The molecule has 31 heavy (non-hydrogen) atoms. The van der Waals surface area contributed by atoms with Gasteiger partial charge in [0.15, 0.2) is 0 Å². The lowest BCUT2D eigenvalue weighted by Gasteiger charge is -2.37. The SMILES string of the molecule is CC1CN(c2ccc(NC(=O)CN3C(=O)C4C5C=CC(C5)C4C3=O)cc2F)CC(C)O1. The van der Waals surface area contributed by atoms with E-state index in [0.717, 1.165) is 11.3 Å². The van der Waals surface area contributed by atoms with Crippen molar-refractivity contribution >= 4 is 29.1 Å². The molecule has 6 unspecified atom stereocenters. The molecule has 1 saturated carbocycles. The third-order valence-electron chi connectivity index (χ3n) is 6.86. The number of rotatable bonds is 4. The fourth-order valence-electron chi connectivity index (χ4n) is 5.68. The van der Waals surface area contributed by atoms with E-state index in [1.165, 1.54) is 6.07 Å². The van der Waals surface area contributed by atoms with Crippen molar-refractivity contribution < 1.29 is 23.5 Å². The number of nitrogens with one attached hydrogen (secondary N) is 1. The fraction of sp³-hybridized carbons (Fsp3) is 0.522. The van der Waals surface area contributed by atoms with E-state index >= 15 is 0 Å². The Bertz CT molecular complexity index is 940. The Morgan fingerprint density at radius 1 is 1.10 bits per heavy atom. The molecule has 1 aromatic carbocycles. The highest BCUT2D eigenvalue weighted by atomic mass is 19.1. The Kier molecular flexibility index (Phi) is 4.84. The van der Waals surface area contributed by atoms with Gasteiger partial charge in [0.1, 0.15) is 12.4 Å². The Labute approximate surface area is 180 Å². The molecule has 2 bridgehead atoms. The molecule has 1 N–H and O–H groups in total. The highest BCUT2D eigenvalue weighted by Crippen LogP contribution is 2.52. The van der Waals surface area contributed by atoms with Gasteiger partial charge in [0, 0.05) is 18.8 Å². The van der Waals surface area contributed by atoms with Gasteiger partial charge in [-0.3, -0.25) is 19.3 Å². The topological polar surface area (TPSA) is 79.0 Å². The number of allylic oxidation sites excluding steroid dienone is 2. The van der Waals surface area contributed by atoms with Crippen molar-refractivity contribution in [3.8, 4) is 0 Å². The van der Waals surface area contributed by atoms with Crippen molar-refractivity contribution in [2.75, 3.05) is 29.9 Å². The van der Waals surface area contributed by atoms with Gasteiger partial charge in [0.25, 0.3) is 0 Å². The predicted molar refractivity (Wildman–Crippen MR) is 112 cm³/mol. The first kappa shape index (κ1) is 20.2. The first-order valence-corrected chi connectivity index (χ1v) is 10.8. The standard InChI is InChI=1S/C23H26FN3O4/c1-12-9-26(10-13(2)31-12)18-6-5-16(8-17(18)24)25-19(28)11-27-22(29)20-14-3-4-15(7-14)21(20)23(27)30/h3-6,8,12-15,20-21H,7,9-11H2,1-2H3,(H,25,28). The molecule has 164 valence electrons. The average Bonchev–Trinajstić information content (AvgIpc) is 3.37. The molecule has 2 heterocycles. The maximum atomic E-state index is 14.8. The number of amides is 3. The summed E-state index contributed by atoms with van der Waals surface area (Å²) < 4.78 is 20.5. The molecule has 8 heteroatoms. The highest BCUT2D eigenvalue weighted by molar-refractivity contribution is 6.09. The third kappa shape index (κ3) is 3.43. The van der Waals surface area contributed by atoms with Crippen LogP contribution in [0.5, 0.6) is 0 Å². The number of nitrogens with zero attached hydrogens (tertiary/aromatic N) is 2. The number of ether oxygens (including phenoxy) is 1. The van der Waals surface area contributed by atoms with Crippen LogP contribution in [-0.4, -0.2) is 54.5 Å². The predicted octanol–water partition coefficient (Wildman–Crippen LogP) is 2.18. The van der Waals surface area contributed by atoms with Crippen LogP contribution in [0.4, 0.5) is 15.8 Å². The number of carbonyl (C=O) groups excluding carboxylic acids is 3. The molecule has 2 aliphatic heterocycles. The number of halogens is 1. The van der Waals surface area contributed by atoms with Crippen LogP contribution in [0.3, 0.4) is 0 Å². The number of fused-ring (bicyclic) bond motifs is 5. The molecule has 3 fully saturated rings. The van der Waals surface area contributed by atoms with Crippen molar-refractivity contribution in [3.05, 3.63) is 36.2 Å². The van der Waals surface area contributed by atoms with Crippen molar-refractivity contribution in [3.63, 3.8) is 0 Å². The summed E-state index contributed by atoms with van der Waals surface area (Å²) in [6.07, 6.45) is 4.88. The second kappa shape index (κ2) is 7.44. The number of hydrogen-bond acceptors (Lipinski definition) is 5. The minimum absolute atomic E-state index is 0.00277. The van der Waals surface area contributed by atoms with E-state index in [1.807, 2.05) is 30.9 Å². The van der Waals surface area contributed by atoms with E-state index in [4.69, 9.17) is 4.74 Å². The number of hydrogen-bond donors (Lipinski definition) is 1. The van der Waals surface area contributed by atoms with Gasteiger partial charge in [-0.1, -0.05) is 12.2 Å². The Balaban J connectivity index is 1.24. The van der Waals surface area contributed by atoms with Gasteiger partial charge in [-0.15, -0.1) is 0 Å². The zero-order valence-corrected chi connectivity index (χ0v) is 17.6. The average molecular weight is 427 g/mol. The van der Waals surface area contributed by atoms with Crippen LogP contribution in [0, 0.1) is 29.5 Å². The second-order valence-electron chi connectivity index (χ2n) is 9.14. The van der Waals surface area contributed by atoms with Gasteiger partial charge >= 0.3 is 0 Å². The summed E-state index contributed by atoms with van der Waals surface area (Å²) in [6, 6.07) is 4.54. The zero-order chi connectivity index (χ0) is 21.9. The maximum Gasteiger partial charge on any atom is 0.244 e. The first-order chi connectivity index (χ1) is 14.8. The van der Waals surface area contributed by atoms with E-state index in [0.29, 0.717) is 24.5 Å². The van der Waals surface area contributed by atoms with E-state index in [2.05, 4.69) is 5.32 Å². The first-order valence-electron chi connectivity index (χ1n) is 10.8. The number of benzene rings is 1. The Morgan fingerprint density at radius 2 is 1.71 bits per heavy atom. The maximum absolute atomic E-state index is 14.8. The monoisotopic (exact) mass is 427 g/mol. The van der Waals surface area contributed by atoms with Crippen LogP contribution in [0.25, 0.3) is 0 Å². The summed E-state index contributed by atoms with van der Waals surface area (Å²) in [5.41, 5.74) is 0.752. The quantitative estimate of drug-likeness (QED) is 0.589. The van der Waals surface area contributed by atoms with E-state index in [1.54, 1.807) is 12.1 Å². The largest absolute Gasteiger partial charge is 0.372 e. The number of anilines is 2. The van der Waals surface area contributed by atoms with Crippen molar-refractivity contribution in [2.24, 2.45) is 23.7 Å². The van der Waals surface area contributed by atoms with Crippen LogP contribution in [0.1, 0.15) is 20.3 Å². The number of morpholine rings is 1. The number of carbonyl (C=O) groups is 3. The summed E-state index contributed by atoms with van der Waals surface area (Å²) in [4.78, 5) is 41.0. The molecule has 3 amide bonds. The molecule has 5 rings (SSSR count). The van der Waals surface area contributed by atoms with Gasteiger partial charge < -0.3 is 15.0 Å². The van der Waals surface area contributed by atoms with Gasteiger partial charge in [-0.05, 0) is 50.3 Å². The Hall–Kier alpha value is -2.74. The lowest BCUT2D eigenvalue weighted by atomic mass is 9.85. The second-order valence-corrected chi connectivity index (χ2v) is 9.14. The molecular weight excluding hydrogens is 401 g/mol. The molecule has 7 nitrogen and oxygen atoms in total. The zero-order valence-electron chi connectivity index (χ0n) is 17.6. The van der Waals surface area contributed by atoms with Crippen LogP contribution in [0.15, 0.2) is 30.4 Å². The number of likely N-dealkylation sites (tertiary alicyclic amines) is 1. The summed E-state index contributed by atoms with van der Waals surface area (Å²) in [5.74, 6) is -1.93. The highest BCUT2D eigenvalue weighted by Gasteiger charge is 2.59. The summed E-state index contributed by atoms with van der Waals surface area (Å²) in [6.45, 7) is 4.74. The molecule has 0 radical (unpaired) electrons. The van der Waals surface area contributed by atoms with Crippen LogP contribution in [-0.2, 0) is 19.1 Å². The molecule has 1 aromatic rings. The molecule has 2 aliphatic carbocycles. The molecule has 2 saturated heterocycles. The summed E-state index contributed by atoms with van der Waals surface area (Å²) in [5, 5.41) is 2.62. The van der Waals surface area contributed by atoms with Crippen molar-refractivity contribution in [1.29, 1.82) is 0 Å². The van der Waals surface area contributed by atoms with Crippen LogP contribution >= 0.6 is 0 Å². The molecule has 0 aromatic heterocycles. The minimum Gasteiger partial charge on any atom is -0.372 e. The molecule has 0 spiro atoms. The molecule has 6 atom stereocenters. The minimum atomic E-state index is -0.511. The smallest absolute Gasteiger partial charge is 0.244 e. The summed E-state index contributed by atoms with van der Waals surface area (Å²) in [7, 11) is 0.